The molecule has 0 radical (unpaired) electrons. The molecule has 5 heteroatoms. The molecule has 0 spiro atoms. The minimum atomic E-state index is -0.207. The van der Waals surface area contributed by atoms with Gasteiger partial charge in [0.2, 0.25) is 0 Å². The largest absolute Gasteiger partial charge is 0.361 e. The Kier molecular flexibility index (Phi) is 3.86. The molecule has 0 saturated carbocycles. The number of aryl methyl sites for hydroxylation is 2. The van der Waals surface area contributed by atoms with Crippen LogP contribution in [0.2, 0.25) is 5.02 Å². The molecule has 2 heterocycles. The van der Waals surface area contributed by atoms with Crippen LogP contribution >= 0.6 is 11.6 Å². The molecule has 0 N–H and O–H groups in total. The maximum absolute atomic E-state index is 12.3. The fourth-order valence-electron chi connectivity index (χ4n) is 2.53. The van der Waals surface area contributed by atoms with E-state index in [-0.39, 0.29) is 10.6 Å². The first kappa shape index (κ1) is 14.6. The average molecular weight is 315 g/mol. The average Bonchev–Trinajstić information content (AvgIpc) is 2.84. The molecule has 0 aliphatic heterocycles. The lowest BCUT2D eigenvalue weighted by molar-refractivity contribution is 0.393. The summed E-state index contributed by atoms with van der Waals surface area (Å²) in [6, 6.07) is 11.4. The molecule has 0 unspecified atom stereocenters. The highest BCUT2D eigenvalue weighted by Gasteiger charge is 2.14. The Hall–Kier alpha value is -2.33. The van der Waals surface area contributed by atoms with Gasteiger partial charge < -0.3 is 9.09 Å². The van der Waals surface area contributed by atoms with E-state index in [4.69, 9.17) is 16.1 Å². The highest BCUT2D eigenvalue weighted by molar-refractivity contribution is 6.30. The van der Waals surface area contributed by atoms with Crippen LogP contribution in [-0.4, -0.2) is 9.72 Å². The Morgan fingerprint density at radius 3 is 2.59 bits per heavy atom. The highest BCUT2D eigenvalue weighted by atomic mass is 35.5. The third-order valence-corrected chi connectivity index (χ3v) is 3.83. The molecule has 0 aliphatic rings. The molecule has 0 aliphatic carbocycles. The predicted octanol–water partition coefficient (Wildman–Crippen LogP) is 3.82. The van der Waals surface area contributed by atoms with Gasteiger partial charge in [0.1, 0.15) is 10.8 Å². The summed E-state index contributed by atoms with van der Waals surface area (Å²) < 4.78 is 6.81. The summed E-state index contributed by atoms with van der Waals surface area (Å²) in [6.07, 6.45) is 1.80. The zero-order chi connectivity index (χ0) is 15.7. The lowest BCUT2D eigenvalue weighted by atomic mass is 10.1. The quantitative estimate of drug-likeness (QED) is 0.738. The van der Waals surface area contributed by atoms with E-state index in [1.165, 1.54) is 0 Å². The zero-order valence-electron chi connectivity index (χ0n) is 12.3. The van der Waals surface area contributed by atoms with Crippen LogP contribution < -0.4 is 5.56 Å². The molecule has 0 saturated heterocycles. The third kappa shape index (κ3) is 2.70. The summed E-state index contributed by atoms with van der Waals surface area (Å²) in [7, 11) is 0. The van der Waals surface area contributed by atoms with Crippen LogP contribution in [-0.2, 0) is 6.54 Å². The first-order valence-electron chi connectivity index (χ1n) is 6.93. The molecule has 22 heavy (non-hydrogen) atoms. The van der Waals surface area contributed by atoms with Crippen LogP contribution in [0.1, 0.15) is 17.0 Å². The molecule has 0 bridgehead atoms. The van der Waals surface area contributed by atoms with Crippen molar-refractivity contribution in [2.75, 3.05) is 0 Å². The summed E-state index contributed by atoms with van der Waals surface area (Å²) in [4.78, 5) is 12.3. The van der Waals surface area contributed by atoms with Gasteiger partial charge >= 0.3 is 0 Å². The van der Waals surface area contributed by atoms with Gasteiger partial charge in [-0.05, 0) is 25.5 Å². The molecule has 1 aromatic carbocycles. The highest BCUT2D eigenvalue weighted by Crippen LogP contribution is 2.27. The second-order valence-corrected chi connectivity index (χ2v) is 5.60. The van der Waals surface area contributed by atoms with Crippen LogP contribution in [0.4, 0.5) is 0 Å². The van der Waals surface area contributed by atoms with Gasteiger partial charge in [0.25, 0.3) is 5.56 Å². The van der Waals surface area contributed by atoms with Crippen LogP contribution in [0.5, 0.6) is 0 Å². The van der Waals surface area contributed by atoms with Gasteiger partial charge in [-0.3, -0.25) is 4.79 Å². The number of benzene rings is 1. The third-order valence-electron chi connectivity index (χ3n) is 3.56. The lowest BCUT2D eigenvalue weighted by Crippen LogP contribution is -2.20. The van der Waals surface area contributed by atoms with E-state index >= 15 is 0 Å². The van der Waals surface area contributed by atoms with Gasteiger partial charge in [-0.1, -0.05) is 47.1 Å². The van der Waals surface area contributed by atoms with Gasteiger partial charge in [0.15, 0.2) is 0 Å². The summed E-state index contributed by atoms with van der Waals surface area (Å²) in [5.74, 6) is 0.707. The summed E-state index contributed by atoms with van der Waals surface area (Å²) in [5, 5.41) is 4.14. The molecular weight excluding hydrogens is 300 g/mol. The summed E-state index contributed by atoms with van der Waals surface area (Å²) >= 11 is 6.12. The summed E-state index contributed by atoms with van der Waals surface area (Å²) in [6.45, 7) is 4.18. The first-order valence-corrected chi connectivity index (χ1v) is 7.31. The Bertz CT molecular complexity index is 847. The van der Waals surface area contributed by atoms with Gasteiger partial charge in [0, 0.05) is 17.3 Å². The Balaban J connectivity index is 2.10. The monoisotopic (exact) mass is 314 g/mol. The van der Waals surface area contributed by atoms with Gasteiger partial charge in [-0.2, -0.15) is 0 Å². The molecule has 4 nitrogen and oxygen atoms in total. The van der Waals surface area contributed by atoms with Crippen LogP contribution in [0.15, 0.2) is 51.9 Å². The number of halogens is 1. The van der Waals surface area contributed by atoms with Gasteiger partial charge in [0.05, 0.1) is 12.2 Å². The normalized spacial score (nSPS) is 10.9. The number of aromatic nitrogens is 2. The van der Waals surface area contributed by atoms with Crippen LogP contribution in [0.3, 0.4) is 0 Å². The van der Waals surface area contributed by atoms with Gasteiger partial charge in [-0.15, -0.1) is 0 Å². The smallest absolute Gasteiger partial charge is 0.269 e. The molecule has 0 atom stereocenters. The van der Waals surface area contributed by atoms with E-state index in [1.54, 1.807) is 16.8 Å². The molecule has 2 aromatic heterocycles. The lowest BCUT2D eigenvalue weighted by Gasteiger charge is -2.10. The molecule has 3 rings (SSSR count). The molecule has 112 valence electrons. The molecule has 3 aromatic rings. The molecule has 0 fully saturated rings. The van der Waals surface area contributed by atoms with Crippen molar-refractivity contribution in [1.29, 1.82) is 0 Å². The second-order valence-electron chi connectivity index (χ2n) is 5.19. The standard InChI is InChI=1S/C17H15ClN2O2/c1-11-16(12(2)22-19-11)14-8-15(18)17(21)20(10-14)9-13-6-4-3-5-7-13/h3-8,10H,9H2,1-2H3. The van der Waals surface area contributed by atoms with Crippen molar-refractivity contribution >= 4 is 11.6 Å². The number of rotatable bonds is 3. The Morgan fingerprint density at radius 2 is 1.95 bits per heavy atom. The fraction of sp³-hybridized carbons (Fsp3) is 0.176. The second kappa shape index (κ2) is 5.81. The van der Waals surface area contributed by atoms with Crippen molar-refractivity contribution in [2.24, 2.45) is 0 Å². The first-order chi connectivity index (χ1) is 10.6. The van der Waals surface area contributed by atoms with E-state index in [2.05, 4.69) is 5.16 Å². The number of nitrogens with zero attached hydrogens (tertiary/aromatic N) is 2. The van der Waals surface area contributed by atoms with Gasteiger partial charge in [-0.25, -0.2) is 0 Å². The van der Waals surface area contributed by atoms with Crippen molar-refractivity contribution in [3.63, 3.8) is 0 Å². The molecule has 0 amide bonds. The van der Waals surface area contributed by atoms with Crippen molar-refractivity contribution in [3.8, 4) is 11.1 Å². The maximum atomic E-state index is 12.3. The number of hydrogen-bond donors (Lipinski definition) is 0. The van der Waals surface area contributed by atoms with Crippen molar-refractivity contribution < 1.29 is 4.52 Å². The van der Waals surface area contributed by atoms with Crippen LogP contribution in [0, 0.1) is 13.8 Å². The summed E-state index contributed by atoms with van der Waals surface area (Å²) in [5.41, 5.74) is 3.32. The van der Waals surface area contributed by atoms with E-state index in [0.29, 0.717) is 12.3 Å². The van der Waals surface area contributed by atoms with Crippen molar-refractivity contribution in [2.45, 2.75) is 20.4 Å². The topological polar surface area (TPSA) is 48.0 Å². The maximum Gasteiger partial charge on any atom is 0.269 e. The van der Waals surface area contributed by atoms with E-state index < -0.39 is 0 Å². The minimum absolute atomic E-state index is 0.188. The minimum Gasteiger partial charge on any atom is -0.361 e. The van der Waals surface area contributed by atoms with Crippen molar-refractivity contribution in [3.05, 3.63) is 75.0 Å². The van der Waals surface area contributed by atoms with E-state index in [0.717, 1.165) is 22.4 Å². The Morgan fingerprint density at radius 1 is 1.23 bits per heavy atom. The predicted molar refractivity (Wildman–Crippen MR) is 86.2 cm³/mol. The Labute approximate surface area is 133 Å². The number of hydrogen-bond acceptors (Lipinski definition) is 3. The SMILES string of the molecule is Cc1noc(C)c1-c1cc(Cl)c(=O)n(Cc2ccccc2)c1. The van der Waals surface area contributed by atoms with E-state index in [9.17, 15) is 4.79 Å². The molecular formula is C17H15ClN2O2. The van der Waals surface area contributed by atoms with E-state index in [1.807, 2.05) is 44.2 Å². The number of pyridine rings is 1. The van der Waals surface area contributed by atoms with Crippen LogP contribution in [0.25, 0.3) is 11.1 Å². The zero-order valence-corrected chi connectivity index (χ0v) is 13.1. The van der Waals surface area contributed by atoms with Crippen molar-refractivity contribution in [1.82, 2.24) is 9.72 Å². The fourth-order valence-corrected chi connectivity index (χ4v) is 2.75.